The molecule has 3 amide bonds. The summed E-state index contributed by atoms with van der Waals surface area (Å²) in [5, 5.41) is 9.22. The Bertz CT molecular complexity index is 853. The van der Waals surface area contributed by atoms with E-state index in [1.54, 1.807) is 4.90 Å². The molecule has 3 aliphatic heterocycles. The molecule has 2 saturated heterocycles. The van der Waals surface area contributed by atoms with Crippen molar-refractivity contribution in [2.75, 3.05) is 6.54 Å². The van der Waals surface area contributed by atoms with Gasteiger partial charge in [0.15, 0.2) is 0 Å². The van der Waals surface area contributed by atoms with Crippen molar-refractivity contribution >= 4 is 17.7 Å². The summed E-state index contributed by atoms with van der Waals surface area (Å²) < 4.78 is 5.87. The van der Waals surface area contributed by atoms with E-state index in [1.165, 1.54) is 0 Å². The molecule has 4 rings (SSSR count). The molecular formula is C21H28N4O4. The van der Waals surface area contributed by atoms with Crippen LogP contribution in [0.1, 0.15) is 55.1 Å². The number of rotatable bonds is 5. The van der Waals surface area contributed by atoms with Crippen LogP contribution < -0.4 is 16.0 Å². The summed E-state index contributed by atoms with van der Waals surface area (Å²) >= 11 is 0. The van der Waals surface area contributed by atoms with Crippen molar-refractivity contribution in [2.45, 2.75) is 70.6 Å². The van der Waals surface area contributed by atoms with Gasteiger partial charge in [-0.25, -0.2) is 0 Å². The van der Waals surface area contributed by atoms with Crippen molar-refractivity contribution in [3.63, 3.8) is 0 Å². The monoisotopic (exact) mass is 400 g/mol. The second-order valence-electron chi connectivity index (χ2n) is 8.61. The molecule has 0 saturated carbocycles. The zero-order valence-corrected chi connectivity index (χ0v) is 17.1. The molecule has 0 radical (unpaired) electrons. The smallest absolute Gasteiger partial charge is 0.255 e. The number of piperidine rings is 1. The van der Waals surface area contributed by atoms with Crippen LogP contribution in [0.2, 0.25) is 0 Å². The molecule has 0 bridgehead atoms. The molecule has 0 spiro atoms. The third-order valence-electron chi connectivity index (χ3n) is 5.87. The molecule has 3 atom stereocenters. The summed E-state index contributed by atoms with van der Waals surface area (Å²) in [4.78, 5) is 38.0. The van der Waals surface area contributed by atoms with Crippen molar-refractivity contribution in [1.82, 2.24) is 20.9 Å². The maximum atomic E-state index is 12.9. The maximum absolute atomic E-state index is 12.9. The number of amides is 3. The average Bonchev–Trinajstić information content (AvgIpc) is 3.10. The van der Waals surface area contributed by atoms with Gasteiger partial charge in [-0.15, -0.1) is 0 Å². The minimum absolute atomic E-state index is 0.126. The zero-order chi connectivity index (χ0) is 20.8. The molecule has 0 aliphatic carbocycles. The number of imide groups is 1. The fourth-order valence-corrected chi connectivity index (χ4v) is 4.45. The number of carbonyl (C=O) groups excluding carboxylic acids is 3. The van der Waals surface area contributed by atoms with Crippen molar-refractivity contribution in [2.24, 2.45) is 0 Å². The first-order valence-electron chi connectivity index (χ1n) is 10.2. The molecule has 0 aromatic heterocycles. The highest BCUT2D eigenvalue weighted by molar-refractivity contribution is 6.05. The zero-order valence-electron chi connectivity index (χ0n) is 17.1. The number of carbonyl (C=O) groups is 3. The van der Waals surface area contributed by atoms with Gasteiger partial charge in [0.05, 0.1) is 6.10 Å². The molecule has 1 aromatic rings. The number of hydrogen-bond acceptors (Lipinski definition) is 6. The fourth-order valence-electron chi connectivity index (χ4n) is 4.45. The SMILES string of the molecule is C[C@H]1OC(C)(C)N[C@@H]1CNCc1ccc2c(c1)C(=O)N(C1CCC(=O)NC1=O)C2. The van der Waals surface area contributed by atoms with Gasteiger partial charge < -0.3 is 15.0 Å². The van der Waals surface area contributed by atoms with Crippen LogP contribution in [-0.2, 0) is 27.4 Å². The second kappa shape index (κ2) is 7.51. The summed E-state index contributed by atoms with van der Waals surface area (Å²) in [6.45, 7) is 7.91. The molecular weight excluding hydrogens is 372 g/mol. The van der Waals surface area contributed by atoms with Crippen LogP contribution >= 0.6 is 0 Å². The third kappa shape index (κ3) is 4.05. The van der Waals surface area contributed by atoms with Crippen molar-refractivity contribution in [1.29, 1.82) is 0 Å². The van der Waals surface area contributed by atoms with Crippen LogP contribution in [0.5, 0.6) is 0 Å². The second-order valence-corrected chi connectivity index (χ2v) is 8.61. The molecule has 1 aromatic carbocycles. The molecule has 3 heterocycles. The van der Waals surface area contributed by atoms with Crippen molar-refractivity contribution < 1.29 is 19.1 Å². The number of benzene rings is 1. The quantitative estimate of drug-likeness (QED) is 0.628. The summed E-state index contributed by atoms with van der Waals surface area (Å²) in [7, 11) is 0. The van der Waals surface area contributed by atoms with E-state index in [2.05, 4.69) is 22.9 Å². The summed E-state index contributed by atoms with van der Waals surface area (Å²) in [6, 6.07) is 5.52. The summed E-state index contributed by atoms with van der Waals surface area (Å²) in [6.07, 6.45) is 0.769. The fraction of sp³-hybridized carbons (Fsp3) is 0.571. The van der Waals surface area contributed by atoms with E-state index in [0.29, 0.717) is 25.1 Å². The van der Waals surface area contributed by atoms with Gasteiger partial charge in [0.2, 0.25) is 11.8 Å². The largest absolute Gasteiger partial charge is 0.357 e. The van der Waals surface area contributed by atoms with Crippen LogP contribution in [0.15, 0.2) is 18.2 Å². The first-order valence-corrected chi connectivity index (χ1v) is 10.2. The molecule has 156 valence electrons. The first kappa shape index (κ1) is 20.0. The van der Waals surface area contributed by atoms with E-state index in [1.807, 2.05) is 32.0 Å². The Morgan fingerprint density at radius 2 is 2.07 bits per heavy atom. The van der Waals surface area contributed by atoms with Gasteiger partial charge in [0, 0.05) is 37.7 Å². The predicted molar refractivity (Wildman–Crippen MR) is 106 cm³/mol. The van der Waals surface area contributed by atoms with E-state index in [4.69, 9.17) is 4.74 Å². The van der Waals surface area contributed by atoms with Crippen LogP contribution in [0.25, 0.3) is 0 Å². The molecule has 3 N–H and O–H groups in total. The molecule has 8 nitrogen and oxygen atoms in total. The van der Waals surface area contributed by atoms with E-state index in [-0.39, 0.29) is 42.0 Å². The van der Waals surface area contributed by atoms with Gasteiger partial charge in [-0.1, -0.05) is 12.1 Å². The average molecular weight is 400 g/mol. The van der Waals surface area contributed by atoms with Gasteiger partial charge >= 0.3 is 0 Å². The highest BCUT2D eigenvalue weighted by Gasteiger charge is 2.39. The lowest BCUT2D eigenvalue weighted by molar-refractivity contribution is -0.136. The summed E-state index contributed by atoms with van der Waals surface area (Å²) in [5.74, 6) is -0.797. The van der Waals surface area contributed by atoms with Crippen molar-refractivity contribution in [3.05, 3.63) is 34.9 Å². The van der Waals surface area contributed by atoms with E-state index in [9.17, 15) is 14.4 Å². The molecule has 8 heteroatoms. The third-order valence-corrected chi connectivity index (χ3v) is 5.87. The lowest BCUT2D eigenvalue weighted by Gasteiger charge is -2.29. The Morgan fingerprint density at radius 1 is 1.28 bits per heavy atom. The van der Waals surface area contributed by atoms with Crippen LogP contribution in [-0.4, -0.2) is 53.1 Å². The number of hydrogen-bond donors (Lipinski definition) is 3. The highest BCUT2D eigenvalue weighted by Crippen LogP contribution is 2.28. The Kier molecular flexibility index (Phi) is 5.18. The molecule has 2 fully saturated rings. The number of ether oxygens (including phenoxy) is 1. The van der Waals surface area contributed by atoms with Gasteiger partial charge in [0.25, 0.3) is 5.91 Å². The van der Waals surface area contributed by atoms with Gasteiger partial charge in [-0.05, 0) is 44.4 Å². The van der Waals surface area contributed by atoms with Crippen LogP contribution in [0.3, 0.4) is 0 Å². The van der Waals surface area contributed by atoms with Crippen LogP contribution in [0.4, 0.5) is 0 Å². The Morgan fingerprint density at radius 3 is 2.76 bits per heavy atom. The van der Waals surface area contributed by atoms with Crippen LogP contribution in [0, 0.1) is 0 Å². The summed E-state index contributed by atoms with van der Waals surface area (Å²) in [5.41, 5.74) is 2.27. The normalized spacial score (nSPS) is 28.6. The van der Waals surface area contributed by atoms with Crippen molar-refractivity contribution in [3.8, 4) is 0 Å². The number of nitrogens with one attached hydrogen (secondary N) is 3. The van der Waals surface area contributed by atoms with E-state index < -0.39 is 6.04 Å². The van der Waals surface area contributed by atoms with Gasteiger partial charge in [0.1, 0.15) is 11.8 Å². The Hall–Kier alpha value is -2.29. The topological polar surface area (TPSA) is 99.8 Å². The van der Waals surface area contributed by atoms with E-state index >= 15 is 0 Å². The lowest BCUT2D eigenvalue weighted by Crippen LogP contribution is -2.52. The minimum Gasteiger partial charge on any atom is -0.357 e. The Balaban J connectivity index is 1.37. The number of fused-ring (bicyclic) bond motifs is 1. The molecule has 29 heavy (non-hydrogen) atoms. The maximum Gasteiger partial charge on any atom is 0.255 e. The molecule has 3 aliphatic rings. The standard InChI is InChI=1S/C21H28N4O4/c1-12-16(24-21(2,3)29-12)10-22-9-13-4-5-14-11-25(20(28)15(14)8-13)17-6-7-18(26)23-19(17)27/h4-5,8,12,16-17,22,24H,6-7,9-11H2,1-3H3,(H,23,26,27)/t12-,16-,17?/m1/s1. The Labute approximate surface area is 170 Å². The van der Waals surface area contributed by atoms with Gasteiger partial charge in [-0.2, -0.15) is 0 Å². The number of nitrogens with zero attached hydrogens (tertiary/aromatic N) is 1. The minimum atomic E-state index is -0.576. The highest BCUT2D eigenvalue weighted by atomic mass is 16.5. The lowest BCUT2D eigenvalue weighted by atomic mass is 10.0. The first-order chi connectivity index (χ1) is 13.7. The van der Waals surface area contributed by atoms with E-state index in [0.717, 1.165) is 17.7 Å². The van der Waals surface area contributed by atoms with Gasteiger partial charge in [-0.3, -0.25) is 25.0 Å². The predicted octanol–water partition coefficient (Wildman–Crippen LogP) is 0.650. The molecule has 1 unspecified atom stereocenters.